The Morgan fingerprint density at radius 3 is 2.67 bits per heavy atom. The highest BCUT2D eigenvalue weighted by molar-refractivity contribution is 5.26. The molecule has 1 fully saturated rings. The predicted molar refractivity (Wildman–Crippen MR) is 79.1 cm³/mol. The first kappa shape index (κ1) is 16.3. The van der Waals surface area contributed by atoms with Crippen LogP contribution in [-0.4, -0.2) is 12.6 Å². The lowest BCUT2D eigenvalue weighted by Crippen LogP contribution is -2.41. The fourth-order valence-electron chi connectivity index (χ4n) is 3.43. The monoisotopic (exact) mass is 299 g/mol. The molecule has 1 aromatic rings. The topological polar surface area (TPSA) is 12.0 Å². The second-order valence-corrected chi connectivity index (χ2v) is 6.24. The van der Waals surface area contributed by atoms with E-state index in [0.29, 0.717) is 17.9 Å². The van der Waals surface area contributed by atoms with E-state index in [4.69, 9.17) is 0 Å². The number of rotatable bonds is 4. The molecule has 0 heterocycles. The van der Waals surface area contributed by atoms with Crippen LogP contribution < -0.4 is 5.32 Å². The normalized spacial score (nSPS) is 26.8. The van der Waals surface area contributed by atoms with Crippen molar-refractivity contribution in [3.8, 4) is 0 Å². The van der Waals surface area contributed by atoms with Crippen molar-refractivity contribution in [2.24, 2.45) is 11.8 Å². The molecule has 0 bridgehead atoms. The molecule has 0 saturated heterocycles. The fourth-order valence-corrected chi connectivity index (χ4v) is 3.43. The largest absolute Gasteiger partial charge is 0.416 e. The number of nitrogens with one attached hydrogen (secondary N) is 1. The van der Waals surface area contributed by atoms with Crippen LogP contribution in [0.5, 0.6) is 0 Å². The zero-order valence-corrected chi connectivity index (χ0v) is 12.7. The van der Waals surface area contributed by atoms with E-state index in [1.54, 1.807) is 0 Å². The molecule has 1 aliphatic carbocycles. The Kier molecular flexibility index (Phi) is 5.31. The highest BCUT2D eigenvalue weighted by atomic mass is 19.4. The highest BCUT2D eigenvalue weighted by Crippen LogP contribution is 2.33. The standard InChI is InChI=1S/C17H24F3N/c1-3-21-16-8-7-12(2)9-14(16)10-13-5-4-6-15(11-13)17(18,19)20/h4-6,11-12,14,16,21H,3,7-10H2,1-2H3. The lowest BCUT2D eigenvalue weighted by atomic mass is 9.76. The van der Waals surface area contributed by atoms with Crippen LogP contribution in [0, 0.1) is 11.8 Å². The number of alkyl halides is 3. The minimum atomic E-state index is -4.25. The molecular formula is C17H24F3N. The van der Waals surface area contributed by atoms with Crippen molar-refractivity contribution in [1.29, 1.82) is 0 Å². The summed E-state index contributed by atoms with van der Waals surface area (Å²) >= 11 is 0. The van der Waals surface area contributed by atoms with Crippen molar-refractivity contribution in [1.82, 2.24) is 5.32 Å². The maximum atomic E-state index is 12.8. The minimum Gasteiger partial charge on any atom is -0.314 e. The average Bonchev–Trinajstić information content (AvgIpc) is 2.41. The van der Waals surface area contributed by atoms with Gasteiger partial charge in [0.05, 0.1) is 5.56 Å². The smallest absolute Gasteiger partial charge is 0.314 e. The van der Waals surface area contributed by atoms with Crippen molar-refractivity contribution < 1.29 is 13.2 Å². The number of hydrogen-bond acceptors (Lipinski definition) is 1. The van der Waals surface area contributed by atoms with Crippen molar-refractivity contribution in [3.05, 3.63) is 35.4 Å². The number of hydrogen-bond donors (Lipinski definition) is 1. The van der Waals surface area contributed by atoms with Gasteiger partial charge in [0.1, 0.15) is 0 Å². The molecule has 1 aliphatic rings. The van der Waals surface area contributed by atoms with Gasteiger partial charge in [-0.2, -0.15) is 13.2 Å². The van der Waals surface area contributed by atoms with Crippen LogP contribution in [0.1, 0.15) is 44.2 Å². The van der Waals surface area contributed by atoms with Crippen molar-refractivity contribution >= 4 is 0 Å². The summed E-state index contributed by atoms with van der Waals surface area (Å²) in [4.78, 5) is 0. The lowest BCUT2D eigenvalue weighted by Gasteiger charge is -2.35. The Labute approximate surface area is 124 Å². The number of halogens is 3. The van der Waals surface area contributed by atoms with Gasteiger partial charge in [-0.1, -0.05) is 32.0 Å². The van der Waals surface area contributed by atoms with Crippen LogP contribution in [0.2, 0.25) is 0 Å². The summed E-state index contributed by atoms with van der Waals surface area (Å²) in [5, 5.41) is 3.50. The van der Waals surface area contributed by atoms with E-state index < -0.39 is 11.7 Å². The van der Waals surface area contributed by atoms with E-state index in [-0.39, 0.29) is 0 Å². The first-order valence-corrected chi connectivity index (χ1v) is 7.79. The molecule has 0 radical (unpaired) electrons. The summed E-state index contributed by atoms with van der Waals surface area (Å²) in [5.74, 6) is 1.09. The van der Waals surface area contributed by atoms with Crippen LogP contribution in [0.3, 0.4) is 0 Å². The molecule has 0 spiro atoms. The van der Waals surface area contributed by atoms with E-state index in [0.717, 1.165) is 37.4 Å². The second kappa shape index (κ2) is 6.82. The van der Waals surface area contributed by atoms with Gasteiger partial charge in [0, 0.05) is 6.04 Å². The summed E-state index contributed by atoms with van der Waals surface area (Å²) in [6, 6.07) is 6.22. The van der Waals surface area contributed by atoms with Crippen molar-refractivity contribution in [2.75, 3.05) is 6.54 Å². The summed E-state index contributed by atoms with van der Waals surface area (Å²) in [6.07, 6.45) is -0.105. The van der Waals surface area contributed by atoms with E-state index in [2.05, 4.69) is 19.2 Å². The van der Waals surface area contributed by atoms with Crippen LogP contribution in [-0.2, 0) is 12.6 Å². The molecular weight excluding hydrogens is 275 g/mol. The molecule has 0 aliphatic heterocycles. The van der Waals surface area contributed by atoms with E-state index in [1.165, 1.54) is 18.6 Å². The lowest BCUT2D eigenvalue weighted by molar-refractivity contribution is -0.137. The van der Waals surface area contributed by atoms with Crippen LogP contribution in [0.4, 0.5) is 13.2 Å². The van der Waals surface area contributed by atoms with Gasteiger partial charge in [0.2, 0.25) is 0 Å². The highest BCUT2D eigenvalue weighted by Gasteiger charge is 2.32. The maximum Gasteiger partial charge on any atom is 0.416 e. The quantitative estimate of drug-likeness (QED) is 0.852. The third-order valence-electron chi connectivity index (χ3n) is 4.46. The van der Waals surface area contributed by atoms with Gasteiger partial charge in [0.25, 0.3) is 0 Å². The Morgan fingerprint density at radius 2 is 2.00 bits per heavy atom. The molecule has 118 valence electrons. The van der Waals surface area contributed by atoms with Gasteiger partial charge in [-0.15, -0.1) is 0 Å². The van der Waals surface area contributed by atoms with Gasteiger partial charge in [-0.3, -0.25) is 0 Å². The maximum absolute atomic E-state index is 12.8. The third-order valence-corrected chi connectivity index (χ3v) is 4.46. The van der Waals surface area contributed by atoms with E-state index in [9.17, 15) is 13.2 Å². The van der Waals surface area contributed by atoms with Crippen molar-refractivity contribution in [3.63, 3.8) is 0 Å². The van der Waals surface area contributed by atoms with Crippen LogP contribution >= 0.6 is 0 Å². The van der Waals surface area contributed by atoms with Gasteiger partial charge in [0.15, 0.2) is 0 Å². The molecule has 1 nitrogen and oxygen atoms in total. The summed E-state index contributed by atoms with van der Waals surface area (Å²) in [6.45, 7) is 5.23. The Balaban J connectivity index is 2.11. The zero-order valence-electron chi connectivity index (χ0n) is 12.7. The molecule has 21 heavy (non-hydrogen) atoms. The van der Waals surface area contributed by atoms with Gasteiger partial charge in [-0.25, -0.2) is 0 Å². The molecule has 4 heteroatoms. The van der Waals surface area contributed by atoms with Gasteiger partial charge >= 0.3 is 6.18 Å². The average molecular weight is 299 g/mol. The first-order chi connectivity index (χ1) is 9.90. The van der Waals surface area contributed by atoms with Crippen LogP contribution in [0.15, 0.2) is 24.3 Å². The molecule has 1 N–H and O–H groups in total. The minimum absolute atomic E-state index is 0.428. The Hall–Kier alpha value is -1.03. The molecule has 2 rings (SSSR count). The van der Waals surface area contributed by atoms with E-state index >= 15 is 0 Å². The fraction of sp³-hybridized carbons (Fsp3) is 0.647. The number of benzene rings is 1. The van der Waals surface area contributed by atoms with Crippen LogP contribution in [0.25, 0.3) is 0 Å². The second-order valence-electron chi connectivity index (χ2n) is 6.24. The first-order valence-electron chi connectivity index (χ1n) is 7.79. The Bertz CT molecular complexity index is 456. The molecule has 1 aromatic carbocycles. The molecule has 0 amide bonds. The Morgan fingerprint density at radius 1 is 1.24 bits per heavy atom. The van der Waals surface area contributed by atoms with Crippen molar-refractivity contribution in [2.45, 2.75) is 51.7 Å². The zero-order chi connectivity index (χ0) is 15.5. The molecule has 0 aromatic heterocycles. The summed E-state index contributed by atoms with van der Waals surface area (Å²) in [5.41, 5.74) is 0.260. The van der Waals surface area contributed by atoms with Gasteiger partial charge in [-0.05, 0) is 55.7 Å². The van der Waals surface area contributed by atoms with Gasteiger partial charge < -0.3 is 5.32 Å². The third kappa shape index (κ3) is 4.47. The molecule has 3 atom stereocenters. The molecule has 3 unspecified atom stereocenters. The summed E-state index contributed by atoms with van der Waals surface area (Å²) < 4.78 is 38.4. The predicted octanol–water partition coefficient (Wildman–Crippen LogP) is 4.66. The SMILES string of the molecule is CCNC1CCC(C)CC1Cc1cccc(C(F)(F)F)c1. The summed E-state index contributed by atoms with van der Waals surface area (Å²) in [7, 11) is 0. The van der Waals surface area contributed by atoms with E-state index in [1.807, 2.05) is 6.07 Å². The molecule has 1 saturated carbocycles.